The summed E-state index contributed by atoms with van der Waals surface area (Å²) in [5.74, 6) is -1.34. The molecule has 0 radical (unpaired) electrons. The van der Waals surface area contributed by atoms with E-state index in [0.717, 1.165) is 32.1 Å². The molecule has 0 aromatic heterocycles. The van der Waals surface area contributed by atoms with Gasteiger partial charge in [-0.1, -0.05) is 84.3 Å². The summed E-state index contributed by atoms with van der Waals surface area (Å²) in [7, 11) is 0. The number of ether oxygens (including phenoxy) is 1. The Morgan fingerprint density at radius 2 is 1.39 bits per heavy atom. The number of benzene rings is 1. The zero-order valence-electron chi connectivity index (χ0n) is 17.9. The van der Waals surface area contributed by atoms with Gasteiger partial charge in [-0.3, -0.25) is 0 Å². The van der Waals surface area contributed by atoms with Gasteiger partial charge >= 0.3 is 11.9 Å². The van der Waals surface area contributed by atoms with Crippen LogP contribution in [0.3, 0.4) is 0 Å². The molecule has 28 heavy (non-hydrogen) atoms. The largest absolute Gasteiger partial charge is 0.478 e. The minimum Gasteiger partial charge on any atom is -0.478 e. The molecule has 2 atom stereocenters. The van der Waals surface area contributed by atoms with Crippen LogP contribution in [-0.2, 0) is 4.74 Å². The minimum atomic E-state index is -1.10. The van der Waals surface area contributed by atoms with Crippen LogP contribution >= 0.6 is 0 Å². The fourth-order valence-corrected chi connectivity index (χ4v) is 3.54. The van der Waals surface area contributed by atoms with Gasteiger partial charge in [0.05, 0.1) is 11.1 Å². The maximum Gasteiger partial charge on any atom is 0.339 e. The van der Waals surface area contributed by atoms with Crippen LogP contribution in [0.25, 0.3) is 0 Å². The lowest BCUT2D eigenvalue weighted by atomic mass is 9.93. The summed E-state index contributed by atoms with van der Waals surface area (Å²) >= 11 is 0. The molecule has 158 valence electrons. The molecule has 0 fully saturated rings. The van der Waals surface area contributed by atoms with Crippen LogP contribution in [0.15, 0.2) is 24.3 Å². The number of unbranched alkanes of at least 4 members (excludes halogenated alkanes) is 7. The van der Waals surface area contributed by atoms with Crippen molar-refractivity contribution in [1.29, 1.82) is 0 Å². The number of carbonyl (C=O) groups excluding carboxylic acids is 1. The molecule has 1 aromatic rings. The predicted octanol–water partition coefficient (Wildman–Crippen LogP) is 6.88. The predicted molar refractivity (Wildman–Crippen MR) is 114 cm³/mol. The summed E-state index contributed by atoms with van der Waals surface area (Å²) in [5.41, 5.74) is 0.147. The maximum atomic E-state index is 12.7. The summed E-state index contributed by atoms with van der Waals surface area (Å²) < 4.78 is 5.85. The molecule has 1 N–H and O–H groups in total. The van der Waals surface area contributed by atoms with Crippen molar-refractivity contribution in [3.8, 4) is 0 Å². The monoisotopic (exact) mass is 390 g/mol. The Balaban J connectivity index is 2.74. The first-order valence-corrected chi connectivity index (χ1v) is 11.0. The molecule has 0 aliphatic rings. The number of hydrogen-bond donors (Lipinski definition) is 1. The van der Waals surface area contributed by atoms with Crippen molar-refractivity contribution in [3.05, 3.63) is 35.4 Å². The third-order valence-electron chi connectivity index (χ3n) is 5.38. The number of rotatable bonds is 15. The van der Waals surface area contributed by atoms with E-state index in [9.17, 15) is 14.7 Å². The first-order chi connectivity index (χ1) is 13.5. The Labute approximate surface area is 170 Å². The van der Waals surface area contributed by atoms with E-state index in [-0.39, 0.29) is 23.1 Å². The zero-order valence-corrected chi connectivity index (χ0v) is 17.9. The van der Waals surface area contributed by atoms with Gasteiger partial charge in [0.1, 0.15) is 6.10 Å². The van der Waals surface area contributed by atoms with Crippen molar-refractivity contribution in [2.75, 3.05) is 0 Å². The maximum absolute atomic E-state index is 12.7. The van der Waals surface area contributed by atoms with Crippen LogP contribution < -0.4 is 0 Å². The van der Waals surface area contributed by atoms with Gasteiger partial charge in [0, 0.05) is 0 Å². The standard InChI is InChI=1S/C24H38O4/c1-4-6-8-10-12-18-22(19(3)15-11-9-7-5-2)28-24(27)21-17-14-13-16-20(21)23(25)26/h13-14,16-17,19,22H,4-12,15,18H2,1-3H3,(H,25,26). The molecule has 0 spiro atoms. The fraction of sp³-hybridized carbons (Fsp3) is 0.667. The Kier molecular flexibility index (Phi) is 12.3. The van der Waals surface area contributed by atoms with Gasteiger partial charge in [0.15, 0.2) is 0 Å². The highest BCUT2D eigenvalue weighted by Gasteiger charge is 2.24. The second-order valence-corrected chi connectivity index (χ2v) is 7.82. The highest BCUT2D eigenvalue weighted by Crippen LogP contribution is 2.23. The molecule has 2 unspecified atom stereocenters. The summed E-state index contributed by atoms with van der Waals surface area (Å²) in [6, 6.07) is 6.29. The van der Waals surface area contributed by atoms with E-state index in [1.165, 1.54) is 50.7 Å². The molecule has 1 rings (SSSR count). The normalized spacial score (nSPS) is 13.1. The van der Waals surface area contributed by atoms with Crippen LogP contribution in [0, 0.1) is 5.92 Å². The number of carbonyl (C=O) groups is 2. The van der Waals surface area contributed by atoms with Gasteiger partial charge in [-0.2, -0.15) is 0 Å². The molecule has 0 aliphatic heterocycles. The van der Waals surface area contributed by atoms with E-state index < -0.39 is 11.9 Å². The molecule has 0 saturated heterocycles. The molecule has 0 heterocycles. The smallest absolute Gasteiger partial charge is 0.339 e. The first-order valence-electron chi connectivity index (χ1n) is 11.0. The molecule has 4 nitrogen and oxygen atoms in total. The van der Waals surface area contributed by atoms with Crippen molar-refractivity contribution in [3.63, 3.8) is 0 Å². The number of carboxylic acid groups (broad SMARTS) is 1. The quantitative estimate of drug-likeness (QED) is 0.262. The van der Waals surface area contributed by atoms with Gasteiger partial charge in [0.25, 0.3) is 0 Å². The Hall–Kier alpha value is -1.84. The van der Waals surface area contributed by atoms with E-state index >= 15 is 0 Å². The second kappa shape index (κ2) is 14.2. The Bertz CT molecular complexity index is 582. The molecule has 1 aromatic carbocycles. The van der Waals surface area contributed by atoms with E-state index in [4.69, 9.17) is 4.74 Å². The van der Waals surface area contributed by atoms with Gasteiger partial charge in [-0.15, -0.1) is 0 Å². The average molecular weight is 391 g/mol. The van der Waals surface area contributed by atoms with Crippen LogP contribution in [0.4, 0.5) is 0 Å². The number of aromatic carboxylic acids is 1. The average Bonchev–Trinajstić information content (AvgIpc) is 2.69. The molecule has 4 heteroatoms. The number of carboxylic acids is 1. The van der Waals surface area contributed by atoms with Gasteiger partial charge in [0.2, 0.25) is 0 Å². The van der Waals surface area contributed by atoms with Crippen LogP contribution in [0.2, 0.25) is 0 Å². The van der Waals surface area contributed by atoms with Gasteiger partial charge in [-0.05, 0) is 37.3 Å². The molecular weight excluding hydrogens is 352 g/mol. The topological polar surface area (TPSA) is 63.6 Å². The third-order valence-corrected chi connectivity index (χ3v) is 5.38. The Morgan fingerprint density at radius 3 is 2.00 bits per heavy atom. The van der Waals surface area contributed by atoms with E-state index in [2.05, 4.69) is 20.8 Å². The van der Waals surface area contributed by atoms with Crippen molar-refractivity contribution in [2.45, 2.75) is 97.5 Å². The molecule has 0 amide bonds. The SMILES string of the molecule is CCCCCCCC(OC(=O)c1ccccc1C(=O)O)C(C)CCCCCC. The van der Waals surface area contributed by atoms with Crippen LogP contribution in [0.1, 0.15) is 112 Å². The lowest BCUT2D eigenvalue weighted by Crippen LogP contribution is -2.26. The van der Waals surface area contributed by atoms with E-state index in [1.54, 1.807) is 12.1 Å². The van der Waals surface area contributed by atoms with Crippen molar-refractivity contribution >= 4 is 11.9 Å². The van der Waals surface area contributed by atoms with Crippen molar-refractivity contribution in [1.82, 2.24) is 0 Å². The van der Waals surface area contributed by atoms with Crippen molar-refractivity contribution in [2.24, 2.45) is 5.92 Å². The highest BCUT2D eigenvalue weighted by atomic mass is 16.5. The molecule has 0 aliphatic carbocycles. The minimum absolute atomic E-state index is 0.00444. The lowest BCUT2D eigenvalue weighted by Gasteiger charge is -2.25. The van der Waals surface area contributed by atoms with E-state index in [0.29, 0.717) is 0 Å². The molecule has 0 bridgehead atoms. The second-order valence-electron chi connectivity index (χ2n) is 7.82. The molecule has 0 saturated carbocycles. The zero-order chi connectivity index (χ0) is 20.8. The first kappa shape index (κ1) is 24.2. The van der Waals surface area contributed by atoms with Gasteiger partial charge < -0.3 is 9.84 Å². The lowest BCUT2D eigenvalue weighted by molar-refractivity contribution is 0.0108. The van der Waals surface area contributed by atoms with Crippen LogP contribution in [0.5, 0.6) is 0 Å². The van der Waals surface area contributed by atoms with Gasteiger partial charge in [-0.25, -0.2) is 9.59 Å². The fourth-order valence-electron chi connectivity index (χ4n) is 3.54. The molecular formula is C24H38O4. The third kappa shape index (κ3) is 8.90. The summed E-state index contributed by atoms with van der Waals surface area (Å²) in [5, 5.41) is 9.34. The highest BCUT2D eigenvalue weighted by molar-refractivity contribution is 6.02. The van der Waals surface area contributed by atoms with Crippen LogP contribution in [-0.4, -0.2) is 23.1 Å². The summed E-state index contributed by atoms with van der Waals surface area (Å²) in [6.07, 6.45) is 12.4. The summed E-state index contributed by atoms with van der Waals surface area (Å²) in [4.78, 5) is 24.1. The number of esters is 1. The van der Waals surface area contributed by atoms with E-state index in [1.807, 2.05) is 0 Å². The summed E-state index contributed by atoms with van der Waals surface area (Å²) in [6.45, 7) is 6.55. The Morgan fingerprint density at radius 1 is 0.857 bits per heavy atom. The van der Waals surface area contributed by atoms with Crippen molar-refractivity contribution < 1.29 is 19.4 Å². The number of hydrogen-bond acceptors (Lipinski definition) is 3.